The fourth-order valence-electron chi connectivity index (χ4n) is 4.23. The van der Waals surface area contributed by atoms with Crippen molar-refractivity contribution in [1.29, 1.82) is 0 Å². The quantitative estimate of drug-likeness (QED) is 0.671. The topological polar surface area (TPSA) is 101 Å². The van der Waals surface area contributed by atoms with E-state index in [1.807, 2.05) is 0 Å². The molecular formula is C21H20ClF2N3O5. The third-order valence-corrected chi connectivity index (χ3v) is 6.21. The number of aromatic nitrogens is 1. The normalized spacial score (nSPS) is 20.0. The number of halogens is 3. The number of carbonyl (C=O) groups is 2. The molecule has 2 aliphatic rings. The van der Waals surface area contributed by atoms with E-state index in [1.54, 1.807) is 11.8 Å². The molecule has 32 heavy (non-hydrogen) atoms. The summed E-state index contributed by atoms with van der Waals surface area (Å²) < 4.78 is 34.4. The summed E-state index contributed by atoms with van der Waals surface area (Å²) in [6.45, 7) is 2.53. The summed E-state index contributed by atoms with van der Waals surface area (Å²) in [6, 6.07) is 1.49. The number of nitrogens with zero attached hydrogens (tertiary/aromatic N) is 2. The van der Waals surface area contributed by atoms with Crippen molar-refractivity contribution < 1.29 is 28.2 Å². The minimum Gasteiger partial charge on any atom is -0.503 e. The molecule has 2 aromatic rings. The van der Waals surface area contributed by atoms with Gasteiger partial charge in [-0.1, -0.05) is 17.7 Å². The summed E-state index contributed by atoms with van der Waals surface area (Å²) in [5, 5.41) is 12.2. The van der Waals surface area contributed by atoms with Crippen LogP contribution in [0.3, 0.4) is 0 Å². The van der Waals surface area contributed by atoms with E-state index in [0.717, 1.165) is 12.1 Å². The largest absolute Gasteiger partial charge is 0.503 e. The summed E-state index contributed by atoms with van der Waals surface area (Å²) in [4.78, 5) is 39.9. The average molecular weight is 468 g/mol. The Bertz CT molecular complexity index is 1170. The number of amides is 2. The van der Waals surface area contributed by atoms with Gasteiger partial charge in [0.05, 0.1) is 18.7 Å². The van der Waals surface area contributed by atoms with Gasteiger partial charge in [0.1, 0.15) is 22.2 Å². The maximum Gasteiger partial charge on any atom is 0.274 e. The first-order valence-corrected chi connectivity index (χ1v) is 10.4. The smallest absolute Gasteiger partial charge is 0.274 e. The molecular weight excluding hydrogens is 448 g/mol. The standard InChI is InChI=1S/C21H20ClF2N3O5/c1-2-26-13-5-6-32-9-14(13)27-8-11(18(28)19(29)17(27)21(26)31)20(30)25-7-10-3-4-12(23)15(22)16(10)24/h3-4,8,13-14,29H,2,5-7,9H2,1H3,(H,25,30). The predicted octanol–water partition coefficient (Wildman–Crippen LogP) is 2.22. The van der Waals surface area contributed by atoms with Crippen LogP contribution in [0.5, 0.6) is 5.75 Å². The first kappa shape index (κ1) is 22.2. The highest BCUT2D eigenvalue weighted by molar-refractivity contribution is 6.30. The van der Waals surface area contributed by atoms with Gasteiger partial charge < -0.3 is 24.6 Å². The van der Waals surface area contributed by atoms with Crippen molar-refractivity contribution in [2.75, 3.05) is 19.8 Å². The molecule has 0 saturated carbocycles. The molecule has 11 heteroatoms. The van der Waals surface area contributed by atoms with Crippen molar-refractivity contribution in [1.82, 2.24) is 14.8 Å². The molecule has 1 aromatic heterocycles. The van der Waals surface area contributed by atoms with Crippen LogP contribution < -0.4 is 10.7 Å². The van der Waals surface area contributed by atoms with Crippen LogP contribution in [0.15, 0.2) is 23.1 Å². The van der Waals surface area contributed by atoms with Gasteiger partial charge in [-0.05, 0) is 19.4 Å². The summed E-state index contributed by atoms with van der Waals surface area (Å²) >= 11 is 5.55. The molecule has 2 amide bonds. The van der Waals surface area contributed by atoms with Gasteiger partial charge in [0.15, 0.2) is 11.4 Å². The Hall–Kier alpha value is -2.98. The maximum atomic E-state index is 14.1. The van der Waals surface area contributed by atoms with Crippen molar-refractivity contribution in [3.63, 3.8) is 0 Å². The average Bonchev–Trinajstić information content (AvgIpc) is 2.79. The fourth-order valence-corrected chi connectivity index (χ4v) is 4.42. The van der Waals surface area contributed by atoms with Crippen LogP contribution in [0.4, 0.5) is 8.78 Å². The Labute approximate surface area is 186 Å². The predicted molar refractivity (Wildman–Crippen MR) is 110 cm³/mol. The van der Waals surface area contributed by atoms with Crippen molar-refractivity contribution in [3.8, 4) is 5.75 Å². The molecule has 4 rings (SSSR count). The van der Waals surface area contributed by atoms with Gasteiger partial charge in [0.2, 0.25) is 5.43 Å². The molecule has 0 bridgehead atoms. The molecule has 3 heterocycles. The van der Waals surface area contributed by atoms with Gasteiger partial charge in [-0.15, -0.1) is 0 Å². The lowest BCUT2D eigenvalue weighted by molar-refractivity contribution is -0.0134. The van der Waals surface area contributed by atoms with Gasteiger partial charge in [0.25, 0.3) is 11.8 Å². The summed E-state index contributed by atoms with van der Waals surface area (Å²) in [5.74, 6) is -4.18. The zero-order valence-electron chi connectivity index (χ0n) is 17.0. The van der Waals surface area contributed by atoms with Crippen LogP contribution in [-0.2, 0) is 11.3 Å². The number of aromatic hydroxyl groups is 1. The molecule has 2 aliphatic heterocycles. The van der Waals surface area contributed by atoms with Gasteiger partial charge in [0, 0.05) is 31.5 Å². The number of ether oxygens (including phenoxy) is 1. The Balaban J connectivity index is 1.69. The van der Waals surface area contributed by atoms with E-state index in [0.29, 0.717) is 19.6 Å². The van der Waals surface area contributed by atoms with Crippen molar-refractivity contribution in [2.45, 2.75) is 32.0 Å². The molecule has 8 nitrogen and oxygen atoms in total. The molecule has 2 N–H and O–H groups in total. The third-order valence-electron chi connectivity index (χ3n) is 5.86. The Morgan fingerprint density at radius 3 is 2.78 bits per heavy atom. The molecule has 2 unspecified atom stereocenters. The van der Waals surface area contributed by atoms with Gasteiger partial charge in [-0.3, -0.25) is 14.4 Å². The highest BCUT2D eigenvalue weighted by Gasteiger charge is 2.43. The van der Waals surface area contributed by atoms with Crippen LogP contribution in [0.1, 0.15) is 45.8 Å². The van der Waals surface area contributed by atoms with Crippen LogP contribution in [0.25, 0.3) is 0 Å². The first-order chi connectivity index (χ1) is 15.3. The number of pyridine rings is 1. The van der Waals surface area contributed by atoms with E-state index in [-0.39, 0.29) is 36.5 Å². The van der Waals surface area contributed by atoms with Gasteiger partial charge in [-0.2, -0.15) is 0 Å². The number of rotatable bonds is 4. The molecule has 2 atom stereocenters. The molecule has 0 radical (unpaired) electrons. The molecule has 1 aromatic carbocycles. The lowest BCUT2D eigenvalue weighted by Gasteiger charge is -2.45. The fraction of sp³-hybridized carbons (Fsp3) is 0.381. The number of nitrogens with one attached hydrogen (secondary N) is 1. The number of hydrogen-bond donors (Lipinski definition) is 2. The minimum absolute atomic E-state index is 0.0819. The Morgan fingerprint density at radius 1 is 1.31 bits per heavy atom. The molecule has 0 spiro atoms. The summed E-state index contributed by atoms with van der Waals surface area (Å²) in [6.07, 6.45) is 1.79. The number of benzene rings is 1. The van der Waals surface area contributed by atoms with Crippen molar-refractivity contribution >= 4 is 23.4 Å². The van der Waals surface area contributed by atoms with E-state index in [2.05, 4.69) is 5.32 Å². The van der Waals surface area contributed by atoms with Gasteiger partial charge in [-0.25, -0.2) is 8.78 Å². The monoisotopic (exact) mass is 467 g/mol. The number of hydrogen-bond acceptors (Lipinski definition) is 5. The van der Waals surface area contributed by atoms with E-state index >= 15 is 0 Å². The Morgan fingerprint density at radius 2 is 2.06 bits per heavy atom. The Kier molecular flexibility index (Phi) is 5.91. The first-order valence-electron chi connectivity index (χ1n) is 10.0. The van der Waals surface area contributed by atoms with E-state index in [4.69, 9.17) is 16.3 Å². The molecule has 170 valence electrons. The highest BCUT2D eigenvalue weighted by Crippen LogP contribution is 2.34. The highest BCUT2D eigenvalue weighted by atomic mass is 35.5. The van der Waals surface area contributed by atoms with Gasteiger partial charge >= 0.3 is 0 Å². The van der Waals surface area contributed by atoms with Crippen molar-refractivity contribution in [2.24, 2.45) is 0 Å². The summed E-state index contributed by atoms with van der Waals surface area (Å²) in [7, 11) is 0. The van der Waals surface area contributed by atoms with E-state index < -0.39 is 45.2 Å². The summed E-state index contributed by atoms with van der Waals surface area (Å²) in [5.41, 5.74) is -1.72. The molecule has 1 saturated heterocycles. The molecule has 1 fully saturated rings. The van der Waals surface area contributed by atoms with E-state index in [1.165, 1.54) is 10.8 Å². The van der Waals surface area contributed by atoms with Crippen LogP contribution in [-0.4, -0.2) is 52.2 Å². The lowest BCUT2D eigenvalue weighted by atomic mass is 9.96. The van der Waals surface area contributed by atoms with Crippen LogP contribution in [0.2, 0.25) is 5.02 Å². The number of carbonyl (C=O) groups excluding carboxylic acids is 2. The SMILES string of the molecule is CCN1C(=O)c2c(O)c(=O)c(C(=O)NCc3ccc(F)c(Cl)c3F)cn2C2COCCC21. The zero-order chi connectivity index (χ0) is 23.2. The number of fused-ring (bicyclic) bond motifs is 3. The van der Waals surface area contributed by atoms with E-state index in [9.17, 15) is 28.3 Å². The zero-order valence-corrected chi connectivity index (χ0v) is 17.8. The van der Waals surface area contributed by atoms with Crippen LogP contribution in [0, 0.1) is 11.6 Å². The van der Waals surface area contributed by atoms with Crippen LogP contribution >= 0.6 is 11.6 Å². The lowest BCUT2D eigenvalue weighted by Crippen LogP contribution is -2.55. The second-order valence-electron chi connectivity index (χ2n) is 7.58. The number of likely N-dealkylation sites (N-methyl/N-ethyl adjacent to an activating group) is 1. The molecule has 0 aliphatic carbocycles. The minimum atomic E-state index is -1.02. The third kappa shape index (κ3) is 3.53. The maximum absolute atomic E-state index is 14.1. The second kappa shape index (κ2) is 8.51. The van der Waals surface area contributed by atoms with Crippen molar-refractivity contribution in [3.05, 3.63) is 62.0 Å². The second-order valence-corrected chi connectivity index (χ2v) is 7.96.